The van der Waals surface area contributed by atoms with Gasteiger partial charge in [-0.3, -0.25) is 0 Å². The first-order valence-corrected chi connectivity index (χ1v) is 5.70. The molecule has 0 saturated heterocycles. The summed E-state index contributed by atoms with van der Waals surface area (Å²) in [4.78, 5) is 3.56. The molecule has 1 aromatic carbocycles. The molecule has 13 heavy (non-hydrogen) atoms. The second-order valence-corrected chi connectivity index (χ2v) is 4.83. The lowest BCUT2D eigenvalue weighted by molar-refractivity contribution is 0.748. The van der Waals surface area contributed by atoms with Gasteiger partial charge in [0.25, 0.3) is 0 Å². The second-order valence-electron chi connectivity index (χ2n) is 3.36. The second kappa shape index (κ2) is 3.43. The summed E-state index contributed by atoms with van der Waals surface area (Å²) in [5, 5.41) is 0.860. The minimum atomic E-state index is 0.567. The van der Waals surface area contributed by atoms with E-state index in [1.54, 1.807) is 0 Å². The number of halogens is 1. The fourth-order valence-electron chi connectivity index (χ4n) is 1.50. The highest BCUT2D eigenvalue weighted by Crippen LogP contribution is 2.40. The zero-order valence-electron chi connectivity index (χ0n) is 7.75. The maximum Gasteiger partial charge on any atom is 0.0693 e. The highest BCUT2D eigenvalue weighted by molar-refractivity contribution is 7.99. The van der Waals surface area contributed by atoms with Gasteiger partial charge in [0.2, 0.25) is 0 Å². The average molecular weight is 214 g/mol. The molecular weight excluding hydrogens is 202 g/mol. The van der Waals surface area contributed by atoms with Crippen LogP contribution in [0.1, 0.15) is 6.92 Å². The molecule has 0 aromatic heterocycles. The number of fused-ring (bicyclic) bond motifs is 1. The first-order chi connectivity index (χ1) is 6.20. The van der Waals surface area contributed by atoms with Crippen molar-refractivity contribution >= 4 is 29.1 Å². The van der Waals surface area contributed by atoms with E-state index in [2.05, 4.69) is 24.9 Å². The van der Waals surface area contributed by atoms with E-state index in [-0.39, 0.29) is 0 Å². The van der Waals surface area contributed by atoms with E-state index in [4.69, 9.17) is 11.6 Å². The number of para-hydroxylation sites is 1. The lowest BCUT2D eigenvalue weighted by atomic mass is 10.2. The van der Waals surface area contributed by atoms with Gasteiger partial charge in [0.1, 0.15) is 0 Å². The molecule has 1 aliphatic rings. The molecule has 1 atom stereocenters. The molecule has 70 valence electrons. The van der Waals surface area contributed by atoms with E-state index in [0.717, 1.165) is 10.8 Å². The number of benzene rings is 1. The minimum absolute atomic E-state index is 0.567. The van der Waals surface area contributed by atoms with Gasteiger partial charge in [-0.1, -0.05) is 17.7 Å². The summed E-state index contributed by atoms with van der Waals surface area (Å²) in [5.41, 5.74) is 1.19. The summed E-state index contributed by atoms with van der Waals surface area (Å²) in [6, 6.07) is 6.67. The third kappa shape index (κ3) is 1.53. The molecule has 0 saturated carbocycles. The van der Waals surface area contributed by atoms with E-state index in [1.807, 2.05) is 23.9 Å². The lowest BCUT2D eigenvalue weighted by Gasteiger charge is -2.33. The summed E-state index contributed by atoms with van der Waals surface area (Å²) in [6.45, 7) is 2.22. The lowest BCUT2D eigenvalue weighted by Crippen LogP contribution is -2.34. The van der Waals surface area contributed by atoms with E-state index in [1.165, 1.54) is 10.6 Å². The van der Waals surface area contributed by atoms with Gasteiger partial charge in [0.15, 0.2) is 0 Å². The van der Waals surface area contributed by atoms with Crippen molar-refractivity contribution in [3.63, 3.8) is 0 Å². The molecule has 0 aliphatic carbocycles. The van der Waals surface area contributed by atoms with E-state index < -0.39 is 0 Å². The predicted octanol–water partition coefficient (Wildman–Crippen LogP) is 3.27. The third-order valence-corrected chi connectivity index (χ3v) is 4.04. The van der Waals surface area contributed by atoms with Crippen LogP contribution < -0.4 is 4.90 Å². The Morgan fingerprint density at radius 2 is 2.31 bits per heavy atom. The van der Waals surface area contributed by atoms with E-state index in [9.17, 15) is 0 Å². The molecule has 3 heteroatoms. The normalized spacial score (nSPS) is 21.5. The molecule has 1 aromatic rings. The molecular formula is C10H12ClNS. The first kappa shape index (κ1) is 9.22. The van der Waals surface area contributed by atoms with E-state index in [0.29, 0.717) is 6.04 Å². The van der Waals surface area contributed by atoms with Crippen LogP contribution in [0.3, 0.4) is 0 Å². The van der Waals surface area contributed by atoms with Gasteiger partial charge in [-0.25, -0.2) is 0 Å². The summed E-state index contributed by atoms with van der Waals surface area (Å²) in [6.07, 6.45) is 0. The van der Waals surface area contributed by atoms with Gasteiger partial charge in [0, 0.05) is 23.7 Å². The Balaban J connectivity index is 2.51. The molecule has 0 radical (unpaired) electrons. The minimum Gasteiger partial charge on any atom is -0.369 e. The Kier molecular flexibility index (Phi) is 2.43. The van der Waals surface area contributed by atoms with Gasteiger partial charge < -0.3 is 4.90 Å². The van der Waals surface area contributed by atoms with Gasteiger partial charge in [-0.05, 0) is 19.1 Å². The molecule has 1 aliphatic heterocycles. The maximum absolute atomic E-state index is 6.15. The quantitative estimate of drug-likeness (QED) is 0.651. The number of rotatable bonds is 0. The third-order valence-electron chi connectivity index (χ3n) is 2.44. The number of thioether (sulfide) groups is 1. The van der Waals surface area contributed by atoms with E-state index >= 15 is 0 Å². The van der Waals surface area contributed by atoms with Crippen molar-refractivity contribution in [1.82, 2.24) is 0 Å². The molecule has 0 fully saturated rings. The highest BCUT2D eigenvalue weighted by Gasteiger charge is 2.22. The van der Waals surface area contributed by atoms with Crippen molar-refractivity contribution in [2.24, 2.45) is 0 Å². The van der Waals surface area contributed by atoms with Crippen LogP contribution in [0.4, 0.5) is 5.69 Å². The highest BCUT2D eigenvalue weighted by atomic mass is 35.5. The molecule has 1 unspecified atom stereocenters. The van der Waals surface area contributed by atoms with Crippen LogP contribution in [0.25, 0.3) is 0 Å². The fraction of sp³-hybridized carbons (Fsp3) is 0.400. The Bertz CT molecular complexity index is 327. The van der Waals surface area contributed by atoms with Crippen LogP contribution in [-0.4, -0.2) is 18.8 Å². The van der Waals surface area contributed by atoms with Crippen molar-refractivity contribution in [3.05, 3.63) is 23.2 Å². The van der Waals surface area contributed by atoms with Gasteiger partial charge in [-0.15, -0.1) is 11.8 Å². The fourth-order valence-corrected chi connectivity index (χ4v) is 3.07. The van der Waals surface area contributed by atoms with Gasteiger partial charge >= 0.3 is 0 Å². The number of anilines is 1. The Hall–Kier alpha value is -0.340. The summed E-state index contributed by atoms with van der Waals surface area (Å²) < 4.78 is 0. The van der Waals surface area contributed by atoms with Crippen LogP contribution in [0.2, 0.25) is 5.02 Å². The van der Waals surface area contributed by atoms with Crippen LogP contribution in [0.15, 0.2) is 23.1 Å². The topological polar surface area (TPSA) is 3.24 Å². The zero-order valence-corrected chi connectivity index (χ0v) is 9.32. The standard InChI is InChI=1S/C10H12ClNS/c1-7-6-13-9-5-3-4-8(11)10(9)12(7)2/h3-5,7H,6H2,1-2H3. The molecule has 0 spiro atoms. The summed E-state index contributed by atoms with van der Waals surface area (Å²) >= 11 is 8.04. The van der Waals surface area contributed by atoms with Crippen LogP contribution in [-0.2, 0) is 0 Å². The molecule has 0 N–H and O–H groups in total. The molecule has 1 heterocycles. The summed E-state index contributed by atoms with van der Waals surface area (Å²) in [7, 11) is 2.11. The zero-order chi connectivity index (χ0) is 9.42. The number of hydrogen-bond donors (Lipinski definition) is 0. The number of nitrogens with zero attached hydrogens (tertiary/aromatic N) is 1. The Morgan fingerprint density at radius 3 is 3.08 bits per heavy atom. The molecule has 0 amide bonds. The van der Waals surface area contributed by atoms with Crippen molar-refractivity contribution in [3.8, 4) is 0 Å². The maximum atomic E-state index is 6.15. The largest absolute Gasteiger partial charge is 0.369 e. The molecule has 2 rings (SSSR count). The first-order valence-electron chi connectivity index (χ1n) is 4.34. The van der Waals surface area contributed by atoms with Crippen LogP contribution in [0.5, 0.6) is 0 Å². The molecule has 1 nitrogen and oxygen atoms in total. The van der Waals surface area contributed by atoms with Gasteiger partial charge in [-0.2, -0.15) is 0 Å². The van der Waals surface area contributed by atoms with Crippen molar-refractivity contribution in [1.29, 1.82) is 0 Å². The monoisotopic (exact) mass is 213 g/mol. The smallest absolute Gasteiger partial charge is 0.0693 e. The Morgan fingerprint density at radius 1 is 1.54 bits per heavy atom. The van der Waals surface area contributed by atoms with Crippen molar-refractivity contribution < 1.29 is 0 Å². The molecule has 0 bridgehead atoms. The van der Waals surface area contributed by atoms with Gasteiger partial charge in [0.05, 0.1) is 10.7 Å². The van der Waals surface area contributed by atoms with Crippen LogP contribution in [0, 0.1) is 0 Å². The SMILES string of the molecule is CC1CSc2cccc(Cl)c2N1C. The van der Waals surface area contributed by atoms with Crippen molar-refractivity contribution in [2.75, 3.05) is 17.7 Å². The van der Waals surface area contributed by atoms with Crippen LogP contribution >= 0.6 is 23.4 Å². The summed E-state index contributed by atoms with van der Waals surface area (Å²) in [5.74, 6) is 1.14. The predicted molar refractivity (Wildman–Crippen MR) is 60.0 cm³/mol. The number of hydrogen-bond acceptors (Lipinski definition) is 2. The average Bonchev–Trinajstić information content (AvgIpc) is 2.12. The van der Waals surface area contributed by atoms with Crippen molar-refractivity contribution in [2.45, 2.75) is 17.9 Å². The Labute approximate surface area is 88.1 Å².